The van der Waals surface area contributed by atoms with Gasteiger partial charge in [-0.05, 0) is 37.6 Å². The van der Waals surface area contributed by atoms with Crippen molar-refractivity contribution in [2.75, 3.05) is 13.6 Å². The molecule has 0 radical (unpaired) electrons. The molecular weight excluding hydrogens is 236 g/mol. The Kier molecular flexibility index (Phi) is 2.99. The maximum Gasteiger partial charge on any atom is 0.155 e. The number of nitrogens with zero attached hydrogens (tertiary/aromatic N) is 1. The van der Waals surface area contributed by atoms with Crippen molar-refractivity contribution in [2.24, 2.45) is 0 Å². The molecule has 0 saturated heterocycles. The molecule has 1 aromatic heterocycles. The first-order valence-corrected chi connectivity index (χ1v) is 6.64. The summed E-state index contributed by atoms with van der Waals surface area (Å²) in [4.78, 5) is 17.2. The van der Waals surface area contributed by atoms with Gasteiger partial charge in [-0.2, -0.15) is 0 Å². The normalized spacial score (nSPS) is 20.5. The van der Waals surface area contributed by atoms with E-state index in [1.54, 1.807) is 6.92 Å². The van der Waals surface area contributed by atoms with Gasteiger partial charge in [-0.25, -0.2) is 0 Å². The van der Waals surface area contributed by atoms with E-state index in [9.17, 15) is 4.79 Å². The SMILES string of the molecule is CC(=O)C1=C[C@@H](c2c[nH]c3ccccc23)N(C)CC1. The molecule has 2 aromatic rings. The molecule has 3 heteroatoms. The summed E-state index contributed by atoms with van der Waals surface area (Å²) in [6.07, 6.45) is 5.03. The number of carbonyl (C=O) groups is 1. The number of aromatic amines is 1. The fourth-order valence-corrected chi connectivity index (χ4v) is 2.80. The summed E-state index contributed by atoms with van der Waals surface area (Å²) in [5, 5.41) is 1.24. The molecule has 1 aromatic carbocycles. The highest BCUT2D eigenvalue weighted by Gasteiger charge is 2.24. The molecule has 0 aliphatic carbocycles. The average Bonchev–Trinajstić information content (AvgIpc) is 2.83. The van der Waals surface area contributed by atoms with Crippen molar-refractivity contribution < 1.29 is 4.79 Å². The molecular formula is C16H18N2O. The minimum absolute atomic E-state index is 0.184. The van der Waals surface area contributed by atoms with Crippen LogP contribution in [0.2, 0.25) is 0 Å². The van der Waals surface area contributed by atoms with Crippen molar-refractivity contribution in [1.82, 2.24) is 9.88 Å². The van der Waals surface area contributed by atoms with Crippen LogP contribution in [0.25, 0.3) is 10.9 Å². The molecule has 2 heterocycles. The predicted molar refractivity (Wildman–Crippen MR) is 77.1 cm³/mol. The number of fused-ring (bicyclic) bond motifs is 1. The molecule has 0 fully saturated rings. The lowest BCUT2D eigenvalue weighted by Crippen LogP contribution is -2.29. The Bertz CT molecular complexity index is 654. The van der Waals surface area contributed by atoms with E-state index in [2.05, 4.69) is 47.4 Å². The van der Waals surface area contributed by atoms with Gasteiger partial charge in [-0.3, -0.25) is 9.69 Å². The fraction of sp³-hybridized carbons (Fsp3) is 0.312. The van der Waals surface area contributed by atoms with Crippen LogP contribution in [0.15, 0.2) is 42.1 Å². The summed E-state index contributed by atoms with van der Waals surface area (Å²) in [6.45, 7) is 2.58. The number of rotatable bonds is 2. The zero-order valence-corrected chi connectivity index (χ0v) is 11.3. The summed E-state index contributed by atoms with van der Waals surface area (Å²) in [5.74, 6) is 0.193. The van der Waals surface area contributed by atoms with E-state index in [-0.39, 0.29) is 11.8 Å². The Morgan fingerprint density at radius 2 is 2.16 bits per heavy atom. The number of Topliss-reactive ketones (excluding diaryl/α,β-unsaturated/α-hetero) is 1. The lowest BCUT2D eigenvalue weighted by Gasteiger charge is -2.30. The summed E-state index contributed by atoms with van der Waals surface area (Å²) < 4.78 is 0. The average molecular weight is 254 g/mol. The van der Waals surface area contributed by atoms with Crippen LogP contribution < -0.4 is 0 Å². The van der Waals surface area contributed by atoms with E-state index in [0.29, 0.717) is 0 Å². The molecule has 0 bridgehead atoms. The molecule has 1 atom stereocenters. The minimum Gasteiger partial charge on any atom is -0.361 e. The third-order valence-electron chi connectivity index (χ3n) is 3.96. The quantitative estimate of drug-likeness (QED) is 0.894. The molecule has 98 valence electrons. The second-order valence-electron chi connectivity index (χ2n) is 5.21. The highest BCUT2D eigenvalue weighted by molar-refractivity contribution is 5.93. The first-order valence-electron chi connectivity index (χ1n) is 6.64. The number of hydrogen-bond donors (Lipinski definition) is 1. The van der Waals surface area contributed by atoms with Crippen molar-refractivity contribution in [2.45, 2.75) is 19.4 Å². The predicted octanol–water partition coefficient (Wildman–Crippen LogP) is 3.06. The van der Waals surface area contributed by atoms with E-state index in [0.717, 1.165) is 24.1 Å². The largest absolute Gasteiger partial charge is 0.361 e. The molecule has 1 aliphatic heterocycles. The van der Waals surface area contributed by atoms with Crippen LogP contribution in [-0.4, -0.2) is 29.3 Å². The summed E-state index contributed by atoms with van der Waals surface area (Å²) >= 11 is 0. The van der Waals surface area contributed by atoms with E-state index in [4.69, 9.17) is 0 Å². The molecule has 0 amide bonds. The minimum atomic E-state index is 0.184. The van der Waals surface area contributed by atoms with Crippen LogP contribution >= 0.6 is 0 Å². The Morgan fingerprint density at radius 1 is 1.37 bits per heavy atom. The Labute approximate surface area is 112 Å². The smallest absolute Gasteiger partial charge is 0.155 e. The molecule has 0 spiro atoms. The summed E-state index contributed by atoms with van der Waals surface area (Å²) in [5.41, 5.74) is 3.35. The van der Waals surface area contributed by atoms with Gasteiger partial charge in [0.1, 0.15) is 0 Å². The second kappa shape index (κ2) is 4.67. The Hall–Kier alpha value is -1.87. The zero-order valence-electron chi connectivity index (χ0n) is 11.3. The van der Waals surface area contributed by atoms with Gasteiger partial charge in [0.2, 0.25) is 0 Å². The number of likely N-dealkylation sites (N-methyl/N-ethyl adjacent to an activating group) is 1. The first kappa shape index (κ1) is 12.2. The third-order valence-corrected chi connectivity index (χ3v) is 3.96. The van der Waals surface area contributed by atoms with Crippen LogP contribution in [0.3, 0.4) is 0 Å². The lowest BCUT2D eigenvalue weighted by atomic mass is 9.95. The summed E-state index contributed by atoms with van der Waals surface area (Å²) in [6, 6.07) is 8.48. The number of ketones is 1. The number of H-pyrrole nitrogens is 1. The van der Waals surface area contributed by atoms with Crippen LogP contribution in [0.1, 0.15) is 24.9 Å². The number of hydrogen-bond acceptors (Lipinski definition) is 2. The van der Waals surface area contributed by atoms with Gasteiger partial charge < -0.3 is 4.98 Å². The van der Waals surface area contributed by atoms with Gasteiger partial charge in [0.25, 0.3) is 0 Å². The van der Waals surface area contributed by atoms with Crippen molar-refractivity contribution in [3.63, 3.8) is 0 Å². The van der Waals surface area contributed by atoms with Crippen LogP contribution in [0, 0.1) is 0 Å². The zero-order chi connectivity index (χ0) is 13.4. The molecule has 0 unspecified atom stereocenters. The number of benzene rings is 1. The highest BCUT2D eigenvalue weighted by atomic mass is 16.1. The van der Waals surface area contributed by atoms with E-state index in [1.165, 1.54) is 10.9 Å². The van der Waals surface area contributed by atoms with E-state index < -0.39 is 0 Å². The molecule has 1 N–H and O–H groups in total. The van der Waals surface area contributed by atoms with Crippen molar-refractivity contribution in [3.05, 3.63) is 47.7 Å². The molecule has 0 saturated carbocycles. The second-order valence-corrected chi connectivity index (χ2v) is 5.21. The van der Waals surface area contributed by atoms with Crippen LogP contribution in [-0.2, 0) is 4.79 Å². The maximum atomic E-state index is 11.6. The van der Waals surface area contributed by atoms with Crippen molar-refractivity contribution in [1.29, 1.82) is 0 Å². The number of nitrogens with one attached hydrogen (secondary N) is 1. The molecule has 3 rings (SSSR count). The van der Waals surface area contributed by atoms with E-state index >= 15 is 0 Å². The third kappa shape index (κ3) is 2.10. The molecule has 3 nitrogen and oxygen atoms in total. The number of carbonyl (C=O) groups excluding carboxylic acids is 1. The van der Waals surface area contributed by atoms with Gasteiger partial charge >= 0.3 is 0 Å². The highest BCUT2D eigenvalue weighted by Crippen LogP contribution is 2.32. The molecule has 19 heavy (non-hydrogen) atoms. The summed E-state index contributed by atoms with van der Waals surface area (Å²) in [7, 11) is 2.11. The number of para-hydroxylation sites is 1. The van der Waals surface area contributed by atoms with Crippen molar-refractivity contribution >= 4 is 16.7 Å². The van der Waals surface area contributed by atoms with Gasteiger partial charge in [0.05, 0.1) is 6.04 Å². The topological polar surface area (TPSA) is 36.1 Å². The van der Waals surface area contributed by atoms with Gasteiger partial charge in [-0.1, -0.05) is 24.3 Å². The van der Waals surface area contributed by atoms with Crippen LogP contribution in [0.4, 0.5) is 0 Å². The van der Waals surface area contributed by atoms with Crippen molar-refractivity contribution in [3.8, 4) is 0 Å². The fourth-order valence-electron chi connectivity index (χ4n) is 2.80. The van der Waals surface area contributed by atoms with Crippen LogP contribution in [0.5, 0.6) is 0 Å². The number of aromatic nitrogens is 1. The monoisotopic (exact) mass is 254 g/mol. The standard InChI is InChI=1S/C16H18N2O/c1-11(19)12-7-8-18(2)16(9-12)14-10-17-15-6-4-3-5-13(14)15/h3-6,9-10,16-17H,7-8H2,1-2H3/t16-/m0/s1. The maximum absolute atomic E-state index is 11.6. The van der Waals surface area contributed by atoms with Gasteiger partial charge in [-0.15, -0.1) is 0 Å². The molecule has 1 aliphatic rings. The Balaban J connectivity index is 2.09. The Morgan fingerprint density at radius 3 is 2.95 bits per heavy atom. The first-order chi connectivity index (χ1) is 9.16. The van der Waals surface area contributed by atoms with Gasteiger partial charge in [0, 0.05) is 23.6 Å². The van der Waals surface area contributed by atoms with E-state index in [1.807, 2.05) is 6.07 Å². The van der Waals surface area contributed by atoms with Gasteiger partial charge in [0.15, 0.2) is 5.78 Å². The lowest BCUT2D eigenvalue weighted by molar-refractivity contribution is -0.113.